The maximum atomic E-state index is 12.3. The zero-order chi connectivity index (χ0) is 13.9. The predicted molar refractivity (Wildman–Crippen MR) is 78.8 cm³/mol. The lowest BCUT2D eigenvalue weighted by molar-refractivity contribution is 0.0786. The highest BCUT2D eigenvalue weighted by molar-refractivity contribution is 7.80. The van der Waals surface area contributed by atoms with E-state index in [2.05, 4.69) is 0 Å². The Labute approximate surface area is 114 Å². The SMILES string of the molecule is Cc1ccc(C(=O)N(C)CC(C)C(N)=S)c(C)c1. The number of hydrogen-bond donors (Lipinski definition) is 1. The summed E-state index contributed by atoms with van der Waals surface area (Å²) in [6, 6.07) is 5.83. The first-order chi connectivity index (χ1) is 8.32. The third-order valence-electron chi connectivity index (χ3n) is 2.99. The maximum Gasteiger partial charge on any atom is 0.253 e. The summed E-state index contributed by atoms with van der Waals surface area (Å²) in [7, 11) is 1.77. The van der Waals surface area contributed by atoms with Gasteiger partial charge in [0.15, 0.2) is 0 Å². The normalized spacial score (nSPS) is 12.0. The molecule has 3 nitrogen and oxygen atoms in total. The van der Waals surface area contributed by atoms with Crippen LogP contribution in [0.1, 0.15) is 28.4 Å². The monoisotopic (exact) mass is 264 g/mol. The molecule has 0 saturated heterocycles. The van der Waals surface area contributed by atoms with E-state index >= 15 is 0 Å². The smallest absolute Gasteiger partial charge is 0.253 e. The van der Waals surface area contributed by atoms with Gasteiger partial charge in [-0.3, -0.25) is 4.79 Å². The summed E-state index contributed by atoms with van der Waals surface area (Å²) in [5.41, 5.74) is 8.45. The van der Waals surface area contributed by atoms with E-state index in [4.69, 9.17) is 18.0 Å². The zero-order valence-electron chi connectivity index (χ0n) is 11.4. The summed E-state index contributed by atoms with van der Waals surface area (Å²) in [6.45, 7) is 6.43. The number of thiocarbonyl (C=S) groups is 1. The van der Waals surface area contributed by atoms with Gasteiger partial charge in [0, 0.05) is 25.1 Å². The first kappa shape index (κ1) is 14.6. The van der Waals surface area contributed by atoms with Gasteiger partial charge in [-0.25, -0.2) is 0 Å². The zero-order valence-corrected chi connectivity index (χ0v) is 12.2. The third kappa shape index (κ3) is 3.53. The highest BCUT2D eigenvalue weighted by Crippen LogP contribution is 2.13. The number of carbonyl (C=O) groups excluding carboxylic acids is 1. The Morgan fingerprint density at radius 1 is 1.44 bits per heavy atom. The van der Waals surface area contributed by atoms with Crippen LogP contribution in [0.25, 0.3) is 0 Å². The fraction of sp³-hybridized carbons (Fsp3) is 0.429. The standard InChI is InChI=1S/C14H20N2OS/c1-9-5-6-12(10(2)7-9)14(17)16(4)8-11(3)13(15)18/h5-7,11H,8H2,1-4H3,(H2,15,18). The second kappa shape index (κ2) is 5.96. The van der Waals surface area contributed by atoms with Crippen LogP contribution in [0.15, 0.2) is 18.2 Å². The Kier molecular flexibility index (Phi) is 4.84. The average molecular weight is 264 g/mol. The topological polar surface area (TPSA) is 46.3 Å². The van der Waals surface area contributed by atoms with Gasteiger partial charge in [0.05, 0.1) is 4.99 Å². The van der Waals surface area contributed by atoms with Crippen molar-refractivity contribution >= 4 is 23.1 Å². The molecule has 0 spiro atoms. The number of carbonyl (C=O) groups is 1. The Morgan fingerprint density at radius 3 is 2.56 bits per heavy atom. The van der Waals surface area contributed by atoms with Gasteiger partial charge < -0.3 is 10.6 Å². The first-order valence-corrected chi connectivity index (χ1v) is 6.35. The van der Waals surface area contributed by atoms with Crippen molar-refractivity contribution in [2.24, 2.45) is 11.7 Å². The van der Waals surface area contributed by atoms with E-state index < -0.39 is 0 Å². The summed E-state index contributed by atoms with van der Waals surface area (Å²) in [5.74, 6) is 0.0373. The molecule has 0 aromatic heterocycles. The van der Waals surface area contributed by atoms with Crippen molar-refractivity contribution in [1.82, 2.24) is 4.90 Å². The third-order valence-corrected chi connectivity index (χ3v) is 3.39. The van der Waals surface area contributed by atoms with E-state index in [-0.39, 0.29) is 11.8 Å². The molecule has 1 rings (SSSR count). The lowest BCUT2D eigenvalue weighted by atomic mass is 10.0. The molecule has 2 N–H and O–H groups in total. The van der Waals surface area contributed by atoms with Crippen molar-refractivity contribution in [3.8, 4) is 0 Å². The summed E-state index contributed by atoms with van der Waals surface area (Å²) in [4.78, 5) is 14.4. The Hall–Kier alpha value is -1.42. The molecule has 1 aromatic rings. The number of amides is 1. The van der Waals surface area contributed by atoms with Crippen LogP contribution in [0.3, 0.4) is 0 Å². The lowest BCUT2D eigenvalue weighted by Gasteiger charge is -2.22. The Balaban J connectivity index is 2.83. The summed E-state index contributed by atoms with van der Waals surface area (Å²) < 4.78 is 0. The van der Waals surface area contributed by atoms with E-state index in [0.29, 0.717) is 11.5 Å². The predicted octanol–water partition coefficient (Wildman–Crippen LogP) is 2.30. The van der Waals surface area contributed by atoms with E-state index in [9.17, 15) is 4.79 Å². The molecule has 1 amide bonds. The second-order valence-corrected chi connectivity index (χ2v) is 5.28. The van der Waals surface area contributed by atoms with E-state index in [1.807, 2.05) is 39.0 Å². The lowest BCUT2D eigenvalue weighted by Crippen LogP contribution is -2.35. The Morgan fingerprint density at radius 2 is 2.06 bits per heavy atom. The molecule has 1 aromatic carbocycles. The highest BCUT2D eigenvalue weighted by atomic mass is 32.1. The van der Waals surface area contributed by atoms with Crippen molar-refractivity contribution in [2.45, 2.75) is 20.8 Å². The minimum Gasteiger partial charge on any atom is -0.393 e. The highest BCUT2D eigenvalue weighted by Gasteiger charge is 2.17. The summed E-state index contributed by atoms with van der Waals surface area (Å²) in [5, 5.41) is 0. The van der Waals surface area contributed by atoms with Crippen LogP contribution in [0.2, 0.25) is 0 Å². The van der Waals surface area contributed by atoms with Crippen molar-refractivity contribution < 1.29 is 4.79 Å². The van der Waals surface area contributed by atoms with Gasteiger partial charge in [0.1, 0.15) is 0 Å². The molecule has 0 aliphatic heterocycles. The Bertz CT molecular complexity index is 471. The van der Waals surface area contributed by atoms with Crippen molar-refractivity contribution in [2.75, 3.05) is 13.6 Å². The van der Waals surface area contributed by atoms with E-state index in [1.165, 1.54) is 0 Å². The number of rotatable bonds is 4. The minimum absolute atomic E-state index is 0.00981. The maximum absolute atomic E-state index is 12.3. The van der Waals surface area contributed by atoms with Gasteiger partial charge in [-0.2, -0.15) is 0 Å². The van der Waals surface area contributed by atoms with E-state index in [1.54, 1.807) is 11.9 Å². The molecule has 0 radical (unpaired) electrons. The molecule has 1 atom stereocenters. The van der Waals surface area contributed by atoms with Crippen molar-refractivity contribution in [3.63, 3.8) is 0 Å². The molecule has 0 aliphatic carbocycles. The number of hydrogen-bond acceptors (Lipinski definition) is 2. The van der Waals surface area contributed by atoms with Crippen LogP contribution in [0.5, 0.6) is 0 Å². The van der Waals surface area contributed by atoms with Crippen LogP contribution in [0, 0.1) is 19.8 Å². The summed E-state index contributed by atoms with van der Waals surface area (Å²) in [6.07, 6.45) is 0. The first-order valence-electron chi connectivity index (χ1n) is 5.95. The molecule has 0 fully saturated rings. The van der Waals surface area contributed by atoms with Crippen molar-refractivity contribution in [1.29, 1.82) is 0 Å². The molecule has 0 bridgehead atoms. The van der Waals surface area contributed by atoms with Crippen LogP contribution >= 0.6 is 12.2 Å². The molecular weight excluding hydrogens is 244 g/mol. The molecular formula is C14H20N2OS. The molecule has 0 saturated carbocycles. The van der Waals surface area contributed by atoms with Gasteiger partial charge >= 0.3 is 0 Å². The molecule has 98 valence electrons. The molecule has 18 heavy (non-hydrogen) atoms. The van der Waals surface area contributed by atoms with Gasteiger partial charge in [-0.05, 0) is 25.5 Å². The molecule has 0 heterocycles. The number of nitrogens with two attached hydrogens (primary N) is 1. The fourth-order valence-corrected chi connectivity index (χ4v) is 1.92. The molecule has 4 heteroatoms. The van der Waals surface area contributed by atoms with E-state index in [0.717, 1.165) is 16.7 Å². The van der Waals surface area contributed by atoms with Gasteiger partial charge in [-0.15, -0.1) is 0 Å². The quantitative estimate of drug-likeness (QED) is 0.849. The number of benzene rings is 1. The van der Waals surface area contributed by atoms with Crippen LogP contribution in [-0.2, 0) is 0 Å². The van der Waals surface area contributed by atoms with Gasteiger partial charge in [-0.1, -0.05) is 36.8 Å². The number of aryl methyl sites for hydroxylation is 2. The van der Waals surface area contributed by atoms with Gasteiger partial charge in [0.25, 0.3) is 5.91 Å². The molecule has 1 unspecified atom stereocenters. The fourth-order valence-electron chi connectivity index (χ4n) is 1.84. The minimum atomic E-state index is 0.00981. The summed E-state index contributed by atoms with van der Waals surface area (Å²) >= 11 is 4.92. The van der Waals surface area contributed by atoms with Crippen LogP contribution in [-0.4, -0.2) is 29.4 Å². The van der Waals surface area contributed by atoms with Crippen LogP contribution < -0.4 is 5.73 Å². The second-order valence-electron chi connectivity index (χ2n) is 4.81. The average Bonchev–Trinajstić information content (AvgIpc) is 2.27. The van der Waals surface area contributed by atoms with Crippen LogP contribution in [0.4, 0.5) is 0 Å². The van der Waals surface area contributed by atoms with Crippen molar-refractivity contribution in [3.05, 3.63) is 34.9 Å². The van der Waals surface area contributed by atoms with Gasteiger partial charge in [0.2, 0.25) is 0 Å². The number of nitrogens with zero attached hydrogens (tertiary/aromatic N) is 1. The largest absolute Gasteiger partial charge is 0.393 e. The molecule has 0 aliphatic rings.